The van der Waals surface area contributed by atoms with Gasteiger partial charge in [-0.15, -0.1) is 0 Å². The Labute approximate surface area is 127 Å². The Bertz CT molecular complexity index is 506. The van der Waals surface area contributed by atoms with Crippen molar-refractivity contribution < 1.29 is 9.90 Å². The standard InChI is InChI=1S/C17H26N2O2/c1-12(2)10-17(7-4-5-8-17)11-19-15-14(16(20)21)13(3)6-9-18-15/h6,9,12H,4-5,7-8,10-11H2,1-3H3,(H,18,19)(H,20,21). The predicted octanol–water partition coefficient (Wildman–Crippen LogP) is 4.11. The lowest BCUT2D eigenvalue weighted by atomic mass is 9.78. The number of pyridine rings is 1. The quantitative estimate of drug-likeness (QED) is 0.827. The van der Waals surface area contributed by atoms with E-state index in [0.29, 0.717) is 22.7 Å². The third kappa shape index (κ3) is 3.74. The summed E-state index contributed by atoms with van der Waals surface area (Å²) in [5.74, 6) is 0.263. The van der Waals surface area contributed by atoms with Crippen LogP contribution in [0.1, 0.15) is 61.9 Å². The summed E-state index contributed by atoms with van der Waals surface area (Å²) in [7, 11) is 0. The molecule has 1 aliphatic carbocycles. The maximum Gasteiger partial charge on any atom is 0.339 e. The van der Waals surface area contributed by atoms with Gasteiger partial charge in [-0.3, -0.25) is 0 Å². The molecule has 0 aliphatic heterocycles. The van der Waals surface area contributed by atoms with Crippen LogP contribution in [0.2, 0.25) is 0 Å². The maximum absolute atomic E-state index is 11.4. The van der Waals surface area contributed by atoms with Gasteiger partial charge in [-0.1, -0.05) is 26.7 Å². The normalized spacial score (nSPS) is 17.1. The molecule has 1 heterocycles. The van der Waals surface area contributed by atoms with E-state index in [1.807, 2.05) is 6.92 Å². The van der Waals surface area contributed by atoms with Crippen molar-refractivity contribution in [3.63, 3.8) is 0 Å². The third-order valence-electron chi connectivity index (χ3n) is 4.51. The maximum atomic E-state index is 11.4. The molecule has 1 aliphatic rings. The topological polar surface area (TPSA) is 62.2 Å². The Morgan fingerprint density at radius 2 is 2.10 bits per heavy atom. The number of carbonyl (C=O) groups is 1. The fourth-order valence-corrected chi connectivity index (χ4v) is 3.68. The van der Waals surface area contributed by atoms with Gasteiger partial charge >= 0.3 is 5.97 Å². The van der Waals surface area contributed by atoms with Crippen molar-refractivity contribution in [3.05, 3.63) is 23.4 Å². The first-order valence-corrected chi connectivity index (χ1v) is 7.86. The zero-order chi connectivity index (χ0) is 15.5. The summed E-state index contributed by atoms with van der Waals surface area (Å²) >= 11 is 0. The van der Waals surface area contributed by atoms with E-state index in [0.717, 1.165) is 12.1 Å². The minimum Gasteiger partial charge on any atom is -0.478 e. The highest BCUT2D eigenvalue weighted by Crippen LogP contribution is 2.43. The molecule has 1 saturated carbocycles. The van der Waals surface area contributed by atoms with Crippen LogP contribution in [0.15, 0.2) is 12.3 Å². The van der Waals surface area contributed by atoms with E-state index in [1.165, 1.54) is 32.1 Å². The van der Waals surface area contributed by atoms with Crippen LogP contribution in [0.3, 0.4) is 0 Å². The van der Waals surface area contributed by atoms with E-state index in [4.69, 9.17) is 0 Å². The summed E-state index contributed by atoms with van der Waals surface area (Å²) in [6.45, 7) is 7.15. The third-order valence-corrected chi connectivity index (χ3v) is 4.51. The zero-order valence-corrected chi connectivity index (χ0v) is 13.3. The number of carboxylic acids is 1. The minimum absolute atomic E-state index is 0.301. The molecule has 0 atom stereocenters. The first-order valence-electron chi connectivity index (χ1n) is 7.86. The number of aromatic nitrogens is 1. The number of rotatable bonds is 6. The highest BCUT2D eigenvalue weighted by Gasteiger charge is 2.34. The summed E-state index contributed by atoms with van der Waals surface area (Å²) < 4.78 is 0. The van der Waals surface area contributed by atoms with Crippen LogP contribution in [0.5, 0.6) is 0 Å². The number of hydrogen-bond acceptors (Lipinski definition) is 3. The fourth-order valence-electron chi connectivity index (χ4n) is 3.68. The van der Waals surface area contributed by atoms with Crippen molar-refractivity contribution >= 4 is 11.8 Å². The highest BCUT2D eigenvalue weighted by molar-refractivity contribution is 5.94. The number of nitrogens with zero attached hydrogens (tertiary/aromatic N) is 1. The van der Waals surface area contributed by atoms with Crippen LogP contribution in [0.25, 0.3) is 0 Å². The molecular weight excluding hydrogens is 264 g/mol. The van der Waals surface area contributed by atoms with Crippen molar-refractivity contribution in [1.29, 1.82) is 0 Å². The number of anilines is 1. The van der Waals surface area contributed by atoms with Crippen LogP contribution in [-0.2, 0) is 0 Å². The molecule has 4 nitrogen and oxygen atoms in total. The lowest BCUT2D eigenvalue weighted by Gasteiger charge is -2.31. The van der Waals surface area contributed by atoms with Gasteiger partial charge in [0.2, 0.25) is 0 Å². The van der Waals surface area contributed by atoms with Gasteiger partial charge < -0.3 is 10.4 Å². The van der Waals surface area contributed by atoms with Gasteiger partial charge in [0.25, 0.3) is 0 Å². The molecule has 2 N–H and O–H groups in total. The van der Waals surface area contributed by atoms with Crippen molar-refractivity contribution in [2.45, 2.75) is 52.9 Å². The second-order valence-corrected chi connectivity index (χ2v) is 6.82. The Hall–Kier alpha value is -1.58. The molecule has 1 aromatic heterocycles. The minimum atomic E-state index is -0.910. The fraction of sp³-hybridized carbons (Fsp3) is 0.647. The van der Waals surface area contributed by atoms with Gasteiger partial charge in [0, 0.05) is 12.7 Å². The van der Waals surface area contributed by atoms with Crippen LogP contribution in [-0.4, -0.2) is 22.6 Å². The molecule has 116 valence electrons. The van der Waals surface area contributed by atoms with E-state index < -0.39 is 5.97 Å². The summed E-state index contributed by atoms with van der Waals surface area (Å²) in [4.78, 5) is 15.7. The first-order chi connectivity index (χ1) is 9.93. The van der Waals surface area contributed by atoms with Crippen LogP contribution < -0.4 is 5.32 Å². The summed E-state index contributed by atoms with van der Waals surface area (Å²) in [6, 6.07) is 1.74. The molecular formula is C17H26N2O2. The van der Waals surface area contributed by atoms with Crippen LogP contribution in [0.4, 0.5) is 5.82 Å². The molecule has 0 amide bonds. The van der Waals surface area contributed by atoms with Gasteiger partial charge in [-0.05, 0) is 49.1 Å². The highest BCUT2D eigenvalue weighted by atomic mass is 16.4. The number of aryl methyl sites for hydroxylation is 1. The van der Waals surface area contributed by atoms with Gasteiger partial charge in [0.05, 0.1) is 0 Å². The zero-order valence-electron chi connectivity index (χ0n) is 13.3. The largest absolute Gasteiger partial charge is 0.478 e. The number of nitrogens with one attached hydrogen (secondary N) is 1. The number of hydrogen-bond donors (Lipinski definition) is 2. The molecule has 0 radical (unpaired) electrons. The van der Waals surface area contributed by atoms with Crippen molar-refractivity contribution in [3.8, 4) is 0 Å². The average molecular weight is 290 g/mol. The second kappa shape index (κ2) is 6.46. The van der Waals surface area contributed by atoms with Gasteiger partial charge in [-0.25, -0.2) is 9.78 Å². The smallest absolute Gasteiger partial charge is 0.339 e. The van der Waals surface area contributed by atoms with Crippen molar-refractivity contribution in [1.82, 2.24) is 4.98 Å². The van der Waals surface area contributed by atoms with Gasteiger partial charge in [-0.2, -0.15) is 0 Å². The molecule has 0 saturated heterocycles. The molecule has 1 fully saturated rings. The van der Waals surface area contributed by atoms with Gasteiger partial charge in [0.15, 0.2) is 0 Å². The van der Waals surface area contributed by atoms with E-state index in [-0.39, 0.29) is 0 Å². The van der Waals surface area contributed by atoms with Crippen LogP contribution in [0, 0.1) is 18.3 Å². The lowest BCUT2D eigenvalue weighted by molar-refractivity contribution is 0.0696. The monoisotopic (exact) mass is 290 g/mol. The first kappa shape index (κ1) is 15.8. The summed E-state index contributed by atoms with van der Waals surface area (Å²) in [5.41, 5.74) is 1.36. The van der Waals surface area contributed by atoms with Crippen LogP contribution >= 0.6 is 0 Å². The SMILES string of the molecule is Cc1ccnc(NCC2(CC(C)C)CCCC2)c1C(=O)O. The Kier molecular flexibility index (Phi) is 4.86. The van der Waals surface area contributed by atoms with Crippen molar-refractivity contribution in [2.24, 2.45) is 11.3 Å². The second-order valence-electron chi connectivity index (χ2n) is 6.82. The molecule has 21 heavy (non-hydrogen) atoms. The van der Waals surface area contributed by atoms with E-state index >= 15 is 0 Å². The average Bonchev–Trinajstić information content (AvgIpc) is 2.84. The molecule has 0 bridgehead atoms. The Morgan fingerprint density at radius 1 is 1.43 bits per heavy atom. The Balaban J connectivity index is 2.15. The van der Waals surface area contributed by atoms with E-state index in [9.17, 15) is 9.90 Å². The van der Waals surface area contributed by atoms with E-state index in [1.54, 1.807) is 12.3 Å². The van der Waals surface area contributed by atoms with Gasteiger partial charge in [0.1, 0.15) is 11.4 Å². The predicted molar refractivity (Wildman–Crippen MR) is 84.8 cm³/mol. The van der Waals surface area contributed by atoms with E-state index in [2.05, 4.69) is 24.1 Å². The number of aromatic carboxylic acids is 1. The Morgan fingerprint density at radius 3 is 2.67 bits per heavy atom. The molecule has 0 unspecified atom stereocenters. The molecule has 0 spiro atoms. The molecule has 2 rings (SSSR count). The summed E-state index contributed by atoms with van der Waals surface area (Å²) in [5, 5.41) is 12.7. The lowest BCUT2D eigenvalue weighted by Crippen LogP contribution is -2.29. The molecule has 1 aromatic rings. The van der Waals surface area contributed by atoms with Crippen molar-refractivity contribution in [2.75, 3.05) is 11.9 Å². The molecule has 0 aromatic carbocycles. The molecule has 4 heteroatoms. The summed E-state index contributed by atoms with van der Waals surface area (Å²) in [6.07, 6.45) is 7.88. The number of carboxylic acid groups (broad SMARTS) is 1.